The lowest BCUT2D eigenvalue weighted by Gasteiger charge is -2.22. The van der Waals surface area contributed by atoms with Gasteiger partial charge >= 0.3 is 5.97 Å². The fraction of sp³-hybridized carbons (Fsp3) is 0.208. The third kappa shape index (κ3) is 6.25. The third-order valence-electron chi connectivity index (χ3n) is 4.49. The fourth-order valence-corrected chi connectivity index (χ4v) is 3.07. The number of nitrogens with zero attached hydrogens (tertiary/aromatic N) is 1. The van der Waals surface area contributed by atoms with Crippen LogP contribution >= 0.6 is 0 Å². The van der Waals surface area contributed by atoms with Crippen LogP contribution in [0.5, 0.6) is 5.75 Å². The molecule has 0 radical (unpaired) electrons. The van der Waals surface area contributed by atoms with Crippen LogP contribution in [0.2, 0.25) is 0 Å². The zero-order chi connectivity index (χ0) is 19.6. The van der Waals surface area contributed by atoms with Crippen LogP contribution in [-0.2, 0) is 13.1 Å². The molecule has 0 saturated heterocycles. The molecule has 0 aromatic heterocycles. The van der Waals surface area contributed by atoms with Crippen molar-refractivity contribution in [2.75, 3.05) is 13.2 Å². The molecule has 0 aliphatic rings. The Labute approximate surface area is 166 Å². The van der Waals surface area contributed by atoms with Gasteiger partial charge in [-0.05, 0) is 41.8 Å². The second-order valence-electron chi connectivity index (χ2n) is 6.71. The van der Waals surface area contributed by atoms with Crippen LogP contribution in [-0.4, -0.2) is 29.1 Å². The summed E-state index contributed by atoms with van der Waals surface area (Å²) in [6.07, 6.45) is 0.889. The Hall–Kier alpha value is -3.11. The van der Waals surface area contributed by atoms with Crippen LogP contribution in [0.1, 0.15) is 27.9 Å². The summed E-state index contributed by atoms with van der Waals surface area (Å²) in [7, 11) is 0. The van der Waals surface area contributed by atoms with Gasteiger partial charge in [0, 0.05) is 19.6 Å². The molecule has 0 saturated carbocycles. The van der Waals surface area contributed by atoms with Crippen molar-refractivity contribution in [2.45, 2.75) is 19.5 Å². The van der Waals surface area contributed by atoms with Crippen LogP contribution < -0.4 is 4.74 Å². The number of carboxylic acids is 1. The van der Waals surface area contributed by atoms with Gasteiger partial charge < -0.3 is 9.84 Å². The second-order valence-corrected chi connectivity index (χ2v) is 6.71. The van der Waals surface area contributed by atoms with Crippen molar-refractivity contribution >= 4 is 5.97 Å². The lowest BCUT2D eigenvalue weighted by atomic mass is 10.1. The molecule has 0 aliphatic heterocycles. The molecule has 0 aliphatic carbocycles. The van der Waals surface area contributed by atoms with E-state index in [-0.39, 0.29) is 5.56 Å². The highest BCUT2D eigenvalue weighted by molar-refractivity contribution is 5.87. The summed E-state index contributed by atoms with van der Waals surface area (Å²) in [5.41, 5.74) is 2.86. The van der Waals surface area contributed by atoms with Crippen molar-refractivity contribution < 1.29 is 14.6 Å². The fourth-order valence-electron chi connectivity index (χ4n) is 3.07. The van der Waals surface area contributed by atoms with Gasteiger partial charge in [0.15, 0.2) is 0 Å². The quantitative estimate of drug-likeness (QED) is 0.514. The maximum Gasteiger partial charge on any atom is 0.335 e. The molecule has 1 N–H and O–H groups in total. The molecular weight excluding hydrogens is 350 g/mol. The monoisotopic (exact) mass is 375 g/mol. The Morgan fingerprint density at radius 2 is 1.32 bits per heavy atom. The Bertz CT molecular complexity index is 807. The van der Waals surface area contributed by atoms with E-state index in [0.29, 0.717) is 12.4 Å². The number of hydrogen-bond donors (Lipinski definition) is 1. The summed E-state index contributed by atoms with van der Waals surface area (Å²) in [6.45, 7) is 3.29. The van der Waals surface area contributed by atoms with E-state index in [0.717, 1.165) is 26.1 Å². The van der Waals surface area contributed by atoms with Crippen molar-refractivity contribution in [3.63, 3.8) is 0 Å². The van der Waals surface area contributed by atoms with Gasteiger partial charge in [-0.15, -0.1) is 0 Å². The number of aromatic carboxylic acids is 1. The molecule has 4 nitrogen and oxygen atoms in total. The summed E-state index contributed by atoms with van der Waals surface area (Å²) in [4.78, 5) is 13.3. The SMILES string of the molecule is O=C(O)c1ccc(OCCCN(Cc2ccccc2)Cc2ccccc2)cc1. The predicted molar refractivity (Wildman–Crippen MR) is 111 cm³/mol. The summed E-state index contributed by atoms with van der Waals surface area (Å²) >= 11 is 0. The summed E-state index contributed by atoms with van der Waals surface area (Å²) in [5.74, 6) is -0.230. The number of carboxylic acid groups (broad SMARTS) is 1. The molecule has 0 bridgehead atoms. The Balaban J connectivity index is 1.52. The molecule has 3 aromatic carbocycles. The van der Waals surface area contributed by atoms with E-state index in [1.54, 1.807) is 24.3 Å². The van der Waals surface area contributed by atoms with Gasteiger partial charge in [-0.1, -0.05) is 60.7 Å². The maximum absolute atomic E-state index is 10.9. The van der Waals surface area contributed by atoms with Crippen LogP contribution in [0, 0.1) is 0 Å². The summed E-state index contributed by atoms with van der Waals surface area (Å²) in [5, 5.41) is 8.95. The van der Waals surface area contributed by atoms with E-state index in [9.17, 15) is 4.79 Å². The molecule has 3 aromatic rings. The first-order chi connectivity index (χ1) is 13.7. The van der Waals surface area contributed by atoms with Crippen molar-refractivity contribution in [3.8, 4) is 5.75 Å². The van der Waals surface area contributed by atoms with Gasteiger partial charge in [0.2, 0.25) is 0 Å². The second kappa shape index (κ2) is 10.3. The molecular formula is C24H25NO3. The van der Waals surface area contributed by atoms with Gasteiger partial charge in [0.1, 0.15) is 5.75 Å². The number of ether oxygens (including phenoxy) is 1. The van der Waals surface area contributed by atoms with Crippen LogP contribution in [0.25, 0.3) is 0 Å². The number of rotatable bonds is 10. The lowest BCUT2D eigenvalue weighted by molar-refractivity contribution is 0.0697. The molecule has 0 fully saturated rings. The normalized spacial score (nSPS) is 10.8. The molecule has 0 atom stereocenters. The minimum absolute atomic E-state index is 0.268. The summed E-state index contributed by atoms with van der Waals surface area (Å²) < 4.78 is 5.77. The zero-order valence-corrected chi connectivity index (χ0v) is 15.8. The standard InChI is InChI=1S/C24H25NO3/c26-24(27)22-12-14-23(15-13-22)28-17-7-16-25(18-20-8-3-1-4-9-20)19-21-10-5-2-6-11-21/h1-6,8-15H,7,16-19H2,(H,26,27). The van der Waals surface area contributed by atoms with E-state index in [1.165, 1.54) is 11.1 Å². The highest BCUT2D eigenvalue weighted by atomic mass is 16.5. The van der Waals surface area contributed by atoms with Crippen LogP contribution in [0.15, 0.2) is 84.9 Å². The molecule has 0 heterocycles. The Kier molecular flexibility index (Phi) is 7.21. The first kappa shape index (κ1) is 19.6. The Morgan fingerprint density at radius 1 is 0.786 bits per heavy atom. The molecule has 0 spiro atoms. The minimum Gasteiger partial charge on any atom is -0.494 e. The molecule has 0 amide bonds. The van der Waals surface area contributed by atoms with Crippen molar-refractivity contribution in [2.24, 2.45) is 0 Å². The van der Waals surface area contributed by atoms with Gasteiger partial charge in [-0.25, -0.2) is 4.79 Å². The first-order valence-electron chi connectivity index (χ1n) is 9.47. The van der Waals surface area contributed by atoms with Crippen molar-refractivity contribution in [1.29, 1.82) is 0 Å². The van der Waals surface area contributed by atoms with E-state index < -0.39 is 5.97 Å². The maximum atomic E-state index is 10.9. The third-order valence-corrected chi connectivity index (χ3v) is 4.49. The zero-order valence-electron chi connectivity index (χ0n) is 15.8. The van der Waals surface area contributed by atoms with Gasteiger partial charge in [-0.3, -0.25) is 4.90 Å². The minimum atomic E-state index is -0.927. The average Bonchev–Trinajstić information content (AvgIpc) is 2.73. The van der Waals surface area contributed by atoms with Gasteiger partial charge in [0.25, 0.3) is 0 Å². The van der Waals surface area contributed by atoms with Crippen molar-refractivity contribution in [1.82, 2.24) is 4.90 Å². The van der Waals surface area contributed by atoms with Gasteiger partial charge in [0.05, 0.1) is 12.2 Å². The topological polar surface area (TPSA) is 49.8 Å². The molecule has 144 valence electrons. The molecule has 28 heavy (non-hydrogen) atoms. The van der Waals surface area contributed by atoms with E-state index in [4.69, 9.17) is 9.84 Å². The average molecular weight is 375 g/mol. The number of hydrogen-bond acceptors (Lipinski definition) is 3. The van der Waals surface area contributed by atoms with E-state index in [1.807, 2.05) is 12.1 Å². The number of carbonyl (C=O) groups is 1. The predicted octanol–water partition coefficient (Wildman–Crippen LogP) is 4.86. The van der Waals surface area contributed by atoms with Gasteiger partial charge in [-0.2, -0.15) is 0 Å². The molecule has 0 unspecified atom stereocenters. The van der Waals surface area contributed by atoms with E-state index in [2.05, 4.69) is 53.4 Å². The smallest absolute Gasteiger partial charge is 0.335 e. The summed E-state index contributed by atoms with van der Waals surface area (Å²) in [6, 6.07) is 27.5. The highest BCUT2D eigenvalue weighted by Gasteiger charge is 2.08. The lowest BCUT2D eigenvalue weighted by Crippen LogP contribution is -2.25. The Morgan fingerprint density at radius 3 is 1.82 bits per heavy atom. The molecule has 4 heteroatoms. The van der Waals surface area contributed by atoms with Crippen molar-refractivity contribution in [3.05, 3.63) is 102 Å². The molecule has 3 rings (SSSR count). The highest BCUT2D eigenvalue weighted by Crippen LogP contribution is 2.14. The first-order valence-corrected chi connectivity index (χ1v) is 9.47. The van der Waals surface area contributed by atoms with Crippen LogP contribution in [0.4, 0.5) is 0 Å². The van der Waals surface area contributed by atoms with E-state index >= 15 is 0 Å². The number of benzene rings is 3. The largest absolute Gasteiger partial charge is 0.494 e. The van der Waals surface area contributed by atoms with Crippen LogP contribution in [0.3, 0.4) is 0 Å².